The minimum absolute atomic E-state index is 0. The quantitative estimate of drug-likeness (QED) is 0.716. The minimum atomic E-state index is -0.657. The summed E-state index contributed by atoms with van der Waals surface area (Å²) in [7, 11) is 3.02. The van der Waals surface area contributed by atoms with Crippen molar-refractivity contribution in [3.8, 4) is 17.2 Å². The molecule has 1 aromatic carbocycles. The maximum absolute atomic E-state index is 11.8. The summed E-state index contributed by atoms with van der Waals surface area (Å²) in [5.74, 6) is 1.08. The largest absolute Gasteiger partial charge is 0.493 e. The fraction of sp³-hybridized carbons (Fsp3) is 0.526. The third kappa shape index (κ3) is 4.66. The first-order chi connectivity index (χ1) is 12.5. The molecule has 2 aromatic rings. The Morgan fingerprint density at radius 3 is 2.52 bits per heavy atom. The van der Waals surface area contributed by atoms with Gasteiger partial charge in [0.15, 0.2) is 11.3 Å². The molecule has 0 spiro atoms. The first kappa shape index (κ1) is 21.3. The lowest BCUT2D eigenvalue weighted by Crippen LogP contribution is -2.33. The van der Waals surface area contributed by atoms with Crippen LogP contribution in [-0.4, -0.2) is 56.6 Å². The normalized spacial score (nSPS) is 15.4. The lowest BCUT2D eigenvalue weighted by atomic mass is 10.1. The van der Waals surface area contributed by atoms with Crippen molar-refractivity contribution in [2.24, 2.45) is 0 Å². The molecule has 1 saturated heterocycles. The summed E-state index contributed by atoms with van der Waals surface area (Å²) < 4.78 is 22.0. The van der Waals surface area contributed by atoms with E-state index in [1.165, 1.54) is 20.3 Å². The van der Waals surface area contributed by atoms with Crippen LogP contribution in [0.3, 0.4) is 0 Å². The molecule has 0 radical (unpaired) electrons. The Kier molecular flexibility index (Phi) is 7.35. The van der Waals surface area contributed by atoms with Gasteiger partial charge in [0.25, 0.3) is 0 Å². The molecule has 1 N–H and O–H groups in total. The number of hydrogen-bond acceptors (Lipinski definition) is 7. The van der Waals surface area contributed by atoms with E-state index in [9.17, 15) is 9.90 Å². The molecule has 7 nitrogen and oxygen atoms in total. The van der Waals surface area contributed by atoms with Gasteiger partial charge in [0.05, 0.1) is 14.2 Å². The van der Waals surface area contributed by atoms with Gasteiger partial charge in [-0.2, -0.15) is 0 Å². The number of rotatable bonds is 7. The van der Waals surface area contributed by atoms with Gasteiger partial charge in [-0.1, -0.05) is 0 Å². The number of ether oxygens (including phenoxy) is 3. The highest BCUT2D eigenvalue weighted by Crippen LogP contribution is 2.43. The van der Waals surface area contributed by atoms with Gasteiger partial charge in [-0.05, 0) is 44.5 Å². The van der Waals surface area contributed by atoms with Crippen molar-refractivity contribution < 1.29 is 23.7 Å². The van der Waals surface area contributed by atoms with E-state index in [2.05, 4.69) is 4.90 Å². The zero-order chi connectivity index (χ0) is 18.7. The van der Waals surface area contributed by atoms with Crippen molar-refractivity contribution in [3.63, 3.8) is 0 Å². The van der Waals surface area contributed by atoms with Gasteiger partial charge in [-0.15, -0.1) is 12.4 Å². The average Bonchev–Trinajstić information content (AvgIpc) is 3.11. The molecule has 1 aliphatic rings. The second-order valence-corrected chi connectivity index (χ2v) is 6.54. The topological polar surface area (TPSA) is 81.4 Å². The van der Waals surface area contributed by atoms with E-state index in [0.29, 0.717) is 29.0 Å². The van der Waals surface area contributed by atoms with Gasteiger partial charge in [0.1, 0.15) is 12.7 Å². The maximum atomic E-state index is 11.8. The molecule has 0 aliphatic carbocycles. The standard InChI is InChI=1S/C19H25NO6.ClH/c1-12-8-16(22)26-17-14(12)9-15(23-2)18(24-3)19(17)25-11-13(21)10-20-6-4-5-7-20;/h8-9,13,21H,4-7,10-11H2,1-3H3;1H. The van der Waals surface area contributed by atoms with Gasteiger partial charge in [0.2, 0.25) is 11.5 Å². The number of hydrogen-bond donors (Lipinski definition) is 1. The van der Waals surface area contributed by atoms with E-state index in [1.807, 2.05) is 6.92 Å². The van der Waals surface area contributed by atoms with Crippen LogP contribution in [0, 0.1) is 6.92 Å². The fourth-order valence-electron chi connectivity index (χ4n) is 3.35. The number of aliphatic hydroxyl groups is 1. The molecule has 0 amide bonds. The molecule has 27 heavy (non-hydrogen) atoms. The van der Waals surface area contributed by atoms with Crippen molar-refractivity contribution >= 4 is 23.4 Å². The summed E-state index contributed by atoms with van der Waals surface area (Å²) in [5, 5.41) is 11.0. The number of aryl methyl sites for hydroxylation is 1. The van der Waals surface area contributed by atoms with Crippen molar-refractivity contribution in [3.05, 3.63) is 28.1 Å². The van der Waals surface area contributed by atoms with Gasteiger partial charge in [-0.3, -0.25) is 0 Å². The second kappa shape index (κ2) is 9.30. The Morgan fingerprint density at radius 1 is 1.19 bits per heavy atom. The van der Waals surface area contributed by atoms with Crippen LogP contribution in [0.5, 0.6) is 17.2 Å². The lowest BCUT2D eigenvalue weighted by molar-refractivity contribution is 0.0747. The predicted octanol–water partition coefficient (Wildman–Crippen LogP) is 2.38. The van der Waals surface area contributed by atoms with Crippen molar-refractivity contribution in [2.75, 3.05) is 40.5 Å². The molecule has 1 fully saturated rings. The zero-order valence-electron chi connectivity index (χ0n) is 15.8. The number of halogens is 1. The van der Waals surface area contributed by atoms with E-state index in [1.54, 1.807) is 6.07 Å². The van der Waals surface area contributed by atoms with Crippen LogP contribution >= 0.6 is 12.4 Å². The number of fused-ring (bicyclic) bond motifs is 1. The summed E-state index contributed by atoms with van der Waals surface area (Å²) in [6.07, 6.45) is 1.66. The molecule has 1 aliphatic heterocycles. The van der Waals surface area contributed by atoms with Gasteiger partial charge >= 0.3 is 5.63 Å². The Morgan fingerprint density at radius 2 is 1.89 bits per heavy atom. The molecule has 8 heteroatoms. The molecule has 0 bridgehead atoms. The second-order valence-electron chi connectivity index (χ2n) is 6.54. The van der Waals surface area contributed by atoms with Gasteiger partial charge in [0, 0.05) is 18.0 Å². The van der Waals surface area contributed by atoms with Crippen LogP contribution in [-0.2, 0) is 0 Å². The number of methoxy groups -OCH3 is 2. The smallest absolute Gasteiger partial charge is 0.336 e. The molecule has 2 heterocycles. The van der Waals surface area contributed by atoms with Gasteiger partial charge < -0.3 is 28.6 Å². The van der Waals surface area contributed by atoms with E-state index < -0.39 is 11.7 Å². The number of β-amino-alcohol motifs (C(OH)–C–C–N with tert-alkyl or cyclic N) is 1. The highest BCUT2D eigenvalue weighted by Gasteiger charge is 2.22. The third-order valence-electron chi connectivity index (χ3n) is 4.63. The number of aliphatic hydroxyl groups excluding tert-OH is 1. The monoisotopic (exact) mass is 399 g/mol. The van der Waals surface area contributed by atoms with Crippen LogP contribution < -0.4 is 19.8 Å². The van der Waals surface area contributed by atoms with E-state index >= 15 is 0 Å². The third-order valence-corrected chi connectivity index (χ3v) is 4.63. The van der Waals surface area contributed by atoms with Crippen LogP contribution in [0.2, 0.25) is 0 Å². The van der Waals surface area contributed by atoms with Crippen molar-refractivity contribution in [1.29, 1.82) is 0 Å². The Bertz CT molecular complexity index is 831. The molecule has 3 rings (SSSR count). The van der Waals surface area contributed by atoms with Crippen molar-refractivity contribution in [1.82, 2.24) is 4.90 Å². The van der Waals surface area contributed by atoms with Crippen LogP contribution in [0.1, 0.15) is 18.4 Å². The first-order valence-corrected chi connectivity index (χ1v) is 8.76. The average molecular weight is 400 g/mol. The molecule has 1 aromatic heterocycles. The highest BCUT2D eigenvalue weighted by atomic mass is 35.5. The van der Waals surface area contributed by atoms with Crippen LogP contribution in [0.25, 0.3) is 11.0 Å². The van der Waals surface area contributed by atoms with Crippen LogP contribution in [0.15, 0.2) is 21.3 Å². The van der Waals surface area contributed by atoms with Crippen molar-refractivity contribution in [2.45, 2.75) is 25.9 Å². The Labute approximate surface area is 164 Å². The molecule has 1 atom stereocenters. The Balaban J connectivity index is 0.00000261. The summed E-state index contributed by atoms with van der Waals surface area (Å²) in [6, 6.07) is 3.17. The maximum Gasteiger partial charge on any atom is 0.336 e. The fourth-order valence-corrected chi connectivity index (χ4v) is 3.35. The molecular formula is C19H26ClNO6. The van der Waals surface area contributed by atoms with E-state index in [0.717, 1.165) is 31.5 Å². The van der Waals surface area contributed by atoms with Gasteiger partial charge in [-0.25, -0.2) is 4.79 Å². The SMILES string of the molecule is COc1cc2c(C)cc(=O)oc2c(OCC(O)CN2CCCC2)c1OC.Cl. The molecule has 0 saturated carbocycles. The summed E-state index contributed by atoms with van der Waals surface area (Å²) in [6.45, 7) is 4.42. The highest BCUT2D eigenvalue weighted by molar-refractivity contribution is 5.90. The minimum Gasteiger partial charge on any atom is -0.493 e. The number of nitrogens with zero attached hydrogens (tertiary/aromatic N) is 1. The molecule has 1 unspecified atom stereocenters. The van der Waals surface area contributed by atoms with E-state index in [-0.39, 0.29) is 24.8 Å². The summed E-state index contributed by atoms with van der Waals surface area (Å²) in [5.41, 5.74) is 0.574. The number of benzene rings is 1. The lowest BCUT2D eigenvalue weighted by Gasteiger charge is -2.21. The van der Waals surface area contributed by atoms with Crippen LogP contribution in [0.4, 0.5) is 0 Å². The zero-order valence-corrected chi connectivity index (χ0v) is 16.6. The predicted molar refractivity (Wildman–Crippen MR) is 105 cm³/mol. The number of likely N-dealkylation sites (tertiary alicyclic amines) is 1. The molecular weight excluding hydrogens is 374 g/mol. The summed E-state index contributed by atoms with van der Waals surface area (Å²) >= 11 is 0. The Hall–Kier alpha value is -1.96. The molecule has 150 valence electrons. The first-order valence-electron chi connectivity index (χ1n) is 8.76. The van der Waals surface area contributed by atoms with E-state index in [4.69, 9.17) is 18.6 Å². The summed E-state index contributed by atoms with van der Waals surface area (Å²) in [4.78, 5) is 14.0.